The largest absolute Gasteiger partial charge is 0.411 e. The Morgan fingerprint density at radius 1 is 1.16 bits per heavy atom. The summed E-state index contributed by atoms with van der Waals surface area (Å²) < 4.78 is 18.8. The van der Waals surface area contributed by atoms with Gasteiger partial charge in [-0.3, -0.25) is 9.36 Å². The van der Waals surface area contributed by atoms with Crippen LogP contribution in [0.4, 0.5) is 4.79 Å². The summed E-state index contributed by atoms with van der Waals surface area (Å²) in [6.07, 6.45) is 5.36. The summed E-state index contributed by atoms with van der Waals surface area (Å²) in [5, 5.41) is 11.9. The molecule has 1 atom stereocenters. The molecule has 0 bridgehead atoms. The Morgan fingerprint density at radius 2 is 2.05 bits per heavy atom. The van der Waals surface area contributed by atoms with Gasteiger partial charge in [0.2, 0.25) is 5.88 Å². The number of fused-ring (bicyclic) bond motifs is 1. The highest BCUT2D eigenvalue weighted by molar-refractivity contribution is 6.31. The van der Waals surface area contributed by atoms with E-state index in [0.717, 1.165) is 0 Å². The van der Waals surface area contributed by atoms with Crippen molar-refractivity contribution in [3.63, 3.8) is 0 Å². The maximum Gasteiger partial charge on any atom is 0.411 e. The van der Waals surface area contributed by atoms with Crippen molar-refractivity contribution in [1.82, 2.24) is 44.7 Å². The predicted molar refractivity (Wildman–Crippen MR) is 157 cm³/mol. The molecule has 0 unspecified atom stereocenters. The molecule has 226 valence electrons. The van der Waals surface area contributed by atoms with Crippen molar-refractivity contribution in [3.8, 4) is 34.1 Å². The summed E-state index contributed by atoms with van der Waals surface area (Å²) in [4.78, 5) is 42.0. The van der Waals surface area contributed by atoms with Crippen LogP contribution in [0.2, 0.25) is 5.02 Å². The number of nitrogens with one attached hydrogen (secondary N) is 1. The van der Waals surface area contributed by atoms with Crippen molar-refractivity contribution in [2.24, 2.45) is 5.73 Å². The maximum atomic E-state index is 13.5. The lowest BCUT2D eigenvalue weighted by Gasteiger charge is -2.14. The number of primary amides is 1. The van der Waals surface area contributed by atoms with Gasteiger partial charge < -0.3 is 24.9 Å². The molecule has 6 rings (SSSR count). The van der Waals surface area contributed by atoms with Crippen molar-refractivity contribution >= 4 is 17.7 Å². The first-order valence-corrected chi connectivity index (χ1v) is 14.0. The molecule has 15 nitrogen and oxygen atoms in total. The molecule has 0 aliphatic carbocycles. The molecule has 1 amide bonds. The number of tetrazole rings is 1. The van der Waals surface area contributed by atoms with E-state index in [1.54, 1.807) is 42.3 Å². The van der Waals surface area contributed by atoms with E-state index in [0.29, 0.717) is 89.5 Å². The summed E-state index contributed by atoms with van der Waals surface area (Å²) in [7, 11) is 1.60. The fourth-order valence-corrected chi connectivity index (χ4v) is 5.29. The van der Waals surface area contributed by atoms with Gasteiger partial charge in [0.1, 0.15) is 18.0 Å². The number of rotatable bonds is 11. The number of pyridine rings is 1. The number of aromatic amines is 1. The molecule has 0 fully saturated rings. The number of aryl methyl sites for hydroxylation is 1. The Kier molecular flexibility index (Phi) is 8.40. The number of halogens is 1. The number of aromatic nitrogens is 9. The van der Waals surface area contributed by atoms with Crippen LogP contribution in [0.3, 0.4) is 0 Å². The summed E-state index contributed by atoms with van der Waals surface area (Å²) in [6.45, 7) is 1.26. The third-order valence-corrected chi connectivity index (χ3v) is 7.34. The second kappa shape index (κ2) is 12.7. The van der Waals surface area contributed by atoms with Gasteiger partial charge in [-0.25, -0.2) is 19.7 Å². The van der Waals surface area contributed by atoms with Crippen molar-refractivity contribution in [3.05, 3.63) is 81.6 Å². The fourth-order valence-electron chi connectivity index (χ4n) is 5.12. The fraction of sp³-hybridized carbons (Fsp3) is 0.286. The lowest BCUT2D eigenvalue weighted by Crippen LogP contribution is -2.25. The van der Waals surface area contributed by atoms with Gasteiger partial charge in [-0.05, 0) is 41.1 Å². The van der Waals surface area contributed by atoms with Crippen LogP contribution in [0, 0.1) is 0 Å². The minimum absolute atomic E-state index is 0.109. The number of H-pyrrole nitrogens is 1. The van der Waals surface area contributed by atoms with Gasteiger partial charge in [0.15, 0.2) is 0 Å². The molecule has 16 heteroatoms. The van der Waals surface area contributed by atoms with Crippen molar-refractivity contribution < 1.29 is 19.0 Å². The van der Waals surface area contributed by atoms with E-state index in [-0.39, 0.29) is 17.5 Å². The van der Waals surface area contributed by atoms with Gasteiger partial charge in [0.05, 0.1) is 49.1 Å². The third kappa shape index (κ3) is 6.06. The van der Waals surface area contributed by atoms with E-state index in [1.165, 1.54) is 17.1 Å². The van der Waals surface area contributed by atoms with Crippen LogP contribution < -0.4 is 16.0 Å². The molecule has 44 heavy (non-hydrogen) atoms. The van der Waals surface area contributed by atoms with Crippen molar-refractivity contribution in [2.45, 2.75) is 25.3 Å². The third-order valence-electron chi connectivity index (χ3n) is 7.10. The van der Waals surface area contributed by atoms with Crippen LogP contribution in [0.1, 0.15) is 29.7 Å². The number of ether oxygens (including phenoxy) is 3. The van der Waals surface area contributed by atoms with Gasteiger partial charge >= 0.3 is 6.09 Å². The standard InChI is InChI=1S/C28H27ClN10O5/c1-42-8-9-43-7-6-16-10-17(13-32-27(16)44-28(30)41)21-14-31-26(35-21)23-4-5-24-34-20(12-25(40)39(23)24)19-11-18(29)2-3-22(19)38-15-33-36-37-38/h2-3,10-15,23H,4-9H2,1H3,(H2,30,41)(H,31,35)/t23-/m0/s1. The van der Waals surface area contributed by atoms with E-state index in [2.05, 4.69) is 30.5 Å². The molecule has 0 spiro atoms. The average Bonchev–Trinajstić information content (AvgIpc) is 3.79. The van der Waals surface area contributed by atoms with Crippen LogP contribution in [0.5, 0.6) is 5.88 Å². The van der Waals surface area contributed by atoms with E-state index in [4.69, 9.17) is 36.5 Å². The van der Waals surface area contributed by atoms with Gasteiger partial charge in [-0.1, -0.05) is 11.6 Å². The van der Waals surface area contributed by atoms with Crippen LogP contribution >= 0.6 is 11.6 Å². The molecular weight excluding hydrogens is 592 g/mol. The van der Waals surface area contributed by atoms with E-state index >= 15 is 0 Å². The molecule has 5 aromatic rings. The minimum atomic E-state index is -0.959. The van der Waals surface area contributed by atoms with E-state index in [9.17, 15) is 9.59 Å². The zero-order valence-corrected chi connectivity index (χ0v) is 24.3. The molecule has 1 aliphatic rings. The van der Waals surface area contributed by atoms with E-state index < -0.39 is 6.09 Å². The molecule has 1 aliphatic heterocycles. The smallest absolute Gasteiger partial charge is 0.391 e. The van der Waals surface area contributed by atoms with Gasteiger partial charge in [-0.15, -0.1) is 5.10 Å². The quantitative estimate of drug-likeness (QED) is 0.207. The first-order valence-electron chi connectivity index (χ1n) is 13.6. The van der Waals surface area contributed by atoms with Gasteiger partial charge in [0.25, 0.3) is 5.56 Å². The lowest BCUT2D eigenvalue weighted by molar-refractivity contribution is 0.0720. The molecule has 3 N–H and O–H groups in total. The Labute approximate surface area is 255 Å². The average molecular weight is 619 g/mol. The SMILES string of the molecule is COCCOCCc1cc(-c2cnc([C@@H]3CCc4nc(-c5cc(Cl)ccc5-n5cnnn5)cc(=O)n43)[nH]2)cnc1OC(N)=O. The van der Waals surface area contributed by atoms with Crippen LogP contribution in [-0.2, 0) is 22.3 Å². The Bertz CT molecular complexity index is 1860. The van der Waals surface area contributed by atoms with Crippen molar-refractivity contribution in [1.29, 1.82) is 0 Å². The number of carbonyl (C=O) groups is 1. The number of nitrogens with zero attached hydrogens (tertiary/aromatic N) is 8. The Balaban J connectivity index is 1.27. The molecule has 5 heterocycles. The first-order chi connectivity index (χ1) is 21.4. The number of benzene rings is 1. The Hall–Kier alpha value is -4.99. The highest BCUT2D eigenvalue weighted by Gasteiger charge is 2.29. The molecule has 0 saturated carbocycles. The second-order valence-corrected chi connectivity index (χ2v) is 10.3. The van der Waals surface area contributed by atoms with E-state index in [1.807, 2.05) is 6.07 Å². The van der Waals surface area contributed by atoms with Gasteiger partial charge in [0, 0.05) is 53.9 Å². The normalized spacial score (nSPS) is 14.1. The second-order valence-electron chi connectivity index (χ2n) is 9.88. The molecule has 4 aromatic heterocycles. The highest BCUT2D eigenvalue weighted by atomic mass is 35.5. The topological polar surface area (TPSA) is 191 Å². The zero-order chi connectivity index (χ0) is 30.6. The van der Waals surface area contributed by atoms with Gasteiger partial charge in [-0.2, -0.15) is 4.68 Å². The minimum Gasteiger partial charge on any atom is -0.391 e. The Morgan fingerprint density at radius 3 is 2.84 bits per heavy atom. The zero-order valence-electron chi connectivity index (χ0n) is 23.5. The van der Waals surface area contributed by atoms with Crippen molar-refractivity contribution in [2.75, 3.05) is 26.9 Å². The summed E-state index contributed by atoms with van der Waals surface area (Å²) in [6, 6.07) is 8.20. The molecule has 0 radical (unpaired) electrons. The van der Waals surface area contributed by atoms with Crippen LogP contribution in [-0.4, -0.2) is 77.7 Å². The molecule has 0 saturated heterocycles. The lowest BCUT2D eigenvalue weighted by atomic mass is 10.1. The maximum absolute atomic E-state index is 13.5. The number of imidazole rings is 1. The number of hydrogen-bond acceptors (Lipinski definition) is 11. The number of methoxy groups -OCH3 is 1. The van der Waals surface area contributed by atoms with Crippen LogP contribution in [0.15, 0.2) is 53.8 Å². The first kappa shape index (κ1) is 29.1. The number of amides is 1. The van der Waals surface area contributed by atoms with Crippen LogP contribution in [0.25, 0.3) is 28.2 Å². The monoisotopic (exact) mass is 618 g/mol. The number of nitrogens with two attached hydrogens (primary N) is 1. The highest BCUT2D eigenvalue weighted by Crippen LogP contribution is 2.33. The predicted octanol–water partition coefficient (Wildman–Crippen LogP) is 2.52. The summed E-state index contributed by atoms with van der Waals surface area (Å²) >= 11 is 6.30. The summed E-state index contributed by atoms with van der Waals surface area (Å²) in [5.74, 6) is 1.34. The molecular formula is C28H27ClN10O5. The number of hydrogen-bond donors (Lipinski definition) is 2. The molecule has 1 aromatic carbocycles. The number of carbonyl (C=O) groups excluding carboxylic acids is 1. The summed E-state index contributed by atoms with van der Waals surface area (Å²) in [5.41, 5.74) is 8.77.